The first-order valence-electron chi connectivity index (χ1n) is 9.40. The molecule has 164 valence electrons. The standard InChI is InChI=1S/C22H17Cl2FN4O2S/c1-28(10-4-9-26)20(30)13-32-22-27-18(12-14-7-8-15(23)16(24)11-14)21(31)29(22)19-6-3-2-5-17(19)25/h2-3,5-8,11-12H,4,10,13H2,1H3/b18-12-. The van der Waals surface area contributed by atoms with Gasteiger partial charge in [-0.2, -0.15) is 5.26 Å². The minimum absolute atomic E-state index is 0.0287. The van der Waals surface area contributed by atoms with E-state index >= 15 is 0 Å². The van der Waals surface area contributed by atoms with Crippen LogP contribution in [0.15, 0.2) is 53.2 Å². The van der Waals surface area contributed by atoms with Crippen LogP contribution in [0, 0.1) is 17.1 Å². The number of halogens is 3. The Hall–Kier alpha value is -2.86. The SMILES string of the molecule is CN(CCC#N)C(=O)CSC1=N/C(=C\c2ccc(Cl)c(Cl)c2)C(=O)N1c1ccccc1F. The van der Waals surface area contributed by atoms with Crippen LogP contribution in [0.3, 0.4) is 0 Å². The Morgan fingerprint density at radius 2 is 2.03 bits per heavy atom. The monoisotopic (exact) mass is 490 g/mol. The van der Waals surface area contributed by atoms with Gasteiger partial charge in [-0.05, 0) is 35.9 Å². The number of aliphatic imine (C=N–C) groups is 1. The number of amidine groups is 1. The summed E-state index contributed by atoms with van der Waals surface area (Å²) in [5, 5.41) is 9.55. The Morgan fingerprint density at radius 3 is 2.72 bits per heavy atom. The number of para-hydroxylation sites is 1. The molecule has 1 heterocycles. The Kier molecular flexibility index (Phi) is 7.91. The van der Waals surface area contributed by atoms with Gasteiger partial charge in [-0.3, -0.25) is 14.5 Å². The van der Waals surface area contributed by atoms with Gasteiger partial charge in [0.25, 0.3) is 5.91 Å². The second kappa shape index (κ2) is 10.6. The summed E-state index contributed by atoms with van der Waals surface area (Å²) in [6.45, 7) is 0.292. The van der Waals surface area contributed by atoms with Gasteiger partial charge in [-0.15, -0.1) is 0 Å². The fraction of sp³-hybridized carbons (Fsp3) is 0.182. The Bertz CT molecular complexity index is 1160. The number of carbonyl (C=O) groups is 2. The van der Waals surface area contributed by atoms with Gasteiger partial charge in [0.05, 0.1) is 34.0 Å². The van der Waals surface area contributed by atoms with Gasteiger partial charge in [0.15, 0.2) is 5.17 Å². The Labute approximate surface area is 198 Å². The molecule has 0 saturated heterocycles. The molecule has 0 atom stereocenters. The molecule has 32 heavy (non-hydrogen) atoms. The van der Waals surface area contributed by atoms with E-state index in [1.807, 2.05) is 6.07 Å². The van der Waals surface area contributed by atoms with Crippen LogP contribution in [0.25, 0.3) is 6.08 Å². The largest absolute Gasteiger partial charge is 0.344 e. The Balaban J connectivity index is 1.91. The van der Waals surface area contributed by atoms with Crippen molar-refractivity contribution in [3.63, 3.8) is 0 Å². The van der Waals surface area contributed by atoms with Gasteiger partial charge in [-0.1, -0.05) is 53.2 Å². The zero-order valence-corrected chi connectivity index (χ0v) is 19.2. The molecule has 2 aromatic rings. The fourth-order valence-electron chi connectivity index (χ4n) is 2.78. The van der Waals surface area contributed by atoms with Crippen molar-refractivity contribution in [1.82, 2.24) is 4.90 Å². The first-order valence-corrected chi connectivity index (χ1v) is 11.1. The topological polar surface area (TPSA) is 76.8 Å². The molecule has 0 spiro atoms. The lowest BCUT2D eigenvalue weighted by atomic mass is 10.2. The van der Waals surface area contributed by atoms with Crippen LogP contribution in [-0.2, 0) is 9.59 Å². The molecule has 0 N–H and O–H groups in total. The number of nitrogens with zero attached hydrogens (tertiary/aromatic N) is 4. The summed E-state index contributed by atoms with van der Waals surface area (Å²) in [6, 6.07) is 12.7. The van der Waals surface area contributed by atoms with Crippen molar-refractivity contribution in [2.24, 2.45) is 4.99 Å². The maximum atomic E-state index is 14.5. The smallest absolute Gasteiger partial charge is 0.283 e. The highest BCUT2D eigenvalue weighted by atomic mass is 35.5. The lowest BCUT2D eigenvalue weighted by Crippen LogP contribution is -2.33. The number of nitriles is 1. The van der Waals surface area contributed by atoms with E-state index in [-0.39, 0.29) is 34.6 Å². The highest BCUT2D eigenvalue weighted by Gasteiger charge is 2.34. The molecule has 0 aliphatic carbocycles. The van der Waals surface area contributed by atoms with Crippen LogP contribution in [-0.4, -0.2) is 41.2 Å². The number of rotatable bonds is 6. The Morgan fingerprint density at radius 1 is 1.28 bits per heavy atom. The molecule has 1 aliphatic rings. The van der Waals surface area contributed by atoms with Crippen molar-refractivity contribution >= 4 is 63.7 Å². The van der Waals surface area contributed by atoms with Crippen LogP contribution < -0.4 is 4.90 Å². The molecule has 0 radical (unpaired) electrons. The molecule has 0 saturated carbocycles. The summed E-state index contributed by atoms with van der Waals surface area (Å²) in [6.07, 6.45) is 1.73. The third-order valence-electron chi connectivity index (χ3n) is 4.48. The zero-order valence-electron chi connectivity index (χ0n) is 16.9. The zero-order chi connectivity index (χ0) is 23.3. The van der Waals surface area contributed by atoms with E-state index in [1.54, 1.807) is 31.3 Å². The lowest BCUT2D eigenvalue weighted by molar-refractivity contribution is -0.127. The highest BCUT2D eigenvalue weighted by molar-refractivity contribution is 8.14. The van der Waals surface area contributed by atoms with Crippen LogP contribution in [0.2, 0.25) is 10.0 Å². The van der Waals surface area contributed by atoms with Crippen molar-refractivity contribution in [2.45, 2.75) is 6.42 Å². The number of benzene rings is 2. The fourth-order valence-corrected chi connectivity index (χ4v) is 4.03. The quantitative estimate of drug-likeness (QED) is 0.534. The van der Waals surface area contributed by atoms with E-state index in [4.69, 9.17) is 28.5 Å². The minimum atomic E-state index is -0.595. The van der Waals surface area contributed by atoms with Gasteiger partial charge in [0.1, 0.15) is 11.5 Å². The molecule has 0 fully saturated rings. The van der Waals surface area contributed by atoms with Gasteiger partial charge in [-0.25, -0.2) is 9.38 Å². The van der Waals surface area contributed by atoms with Crippen molar-refractivity contribution in [2.75, 3.05) is 24.2 Å². The van der Waals surface area contributed by atoms with E-state index in [1.165, 1.54) is 29.2 Å². The molecular formula is C22H17Cl2FN4O2S. The third-order valence-corrected chi connectivity index (χ3v) is 6.14. The molecular weight excluding hydrogens is 474 g/mol. The van der Waals surface area contributed by atoms with Crippen LogP contribution >= 0.6 is 35.0 Å². The molecule has 0 bridgehead atoms. The maximum Gasteiger partial charge on any atom is 0.283 e. The second-order valence-corrected chi connectivity index (χ2v) is 8.46. The summed E-state index contributed by atoms with van der Waals surface area (Å²) >= 11 is 13.0. The summed E-state index contributed by atoms with van der Waals surface area (Å²) < 4.78 is 14.5. The van der Waals surface area contributed by atoms with E-state index in [2.05, 4.69) is 4.99 Å². The summed E-state index contributed by atoms with van der Waals surface area (Å²) in [7, 11) is 1.59. The molecule has 10 heteroatoms. The number of thioether (sulfide) groups is 1. The average Bonchev–Trinajstić information content (AvgIpc) is 3.08. The number of hydrogen-bond donors (Lipinski definition) is 0. The summed E-state index contributed by atoms with van der Waals surface area (Å²) in [5.41, 5.74) is 0.699. The molecule has 2 amide bonds. The van der Waals surface area contributed by atoms with Crippen LogP contribution in [0.5, 0.6) is 0 Å². The van der Waals surface area contributed by atoms with E-state index in [9.17, 15) is 14.0 Å². The number of anilines is 1. The van der Waals surface area contributed by atoms with Crippen molar-refractivity contribution in [3.05, 3.63) is 69.6 Å². The third kappa shape index (κ3) is 5.49. The first kappa shape index (κ1) is 23.8. The van der Waals surface area contributed by atoms with E-state index in [0.29, 0.717) is 22.2 Å². The summed E-state index contributed by atoms with van der Waals surface area (Å²) in [4.78, 5) is 32.4. The first-order chi connectivity index (χ1) is 15.3. The van der Waals surface area contributed by atoms with Crippen LogP contribution in [0.1, 0.15) is 12.0 Å². The van der Waals surface area contributed by atoms with E-state index in [0.717, 1.165) is 16.7 Å². The average molecular weight is 491 g/mol. The molecule has 6 nitrogen and oxygen atoms in total. The number of carbonyl (C=O) groups excluding carboxylic acids is 2. The van der Waals surface area contributed by atoms with Crippen molar-refractivity contribution in [1.29, 1.82) is 5.26 Å². The van der Waals surface area contributed by atoms with E-state index < -0.39 is 11.7 Å². The molecule has 0 unspecified atom stereocenters. The normalized spacial score (nSPS) is 14.5. The number of amides is 2. The lowest BCUT2D eigenvalue weighted by Gasteiger charge is -2.19. The number of hydrogen-bond acceptors (Lipinski definition) is 5. The van der Waals surface area contributed by atoms with Gasteiger partial charge in [0.2, 0.25) is 5.91 Å². The van der Waals surface area contributed by atoms with Crippen molar-refractivity contribution in [3.8, 4) is 6.07 Å². The highest BCUT2D eigenvalue weighted by Crippen LogP contribution is 2.32. The second-order valence-electron chi connectivity index (χ2n) is 6.70. The molecule has 2 aromatic carbocycles. The predicted octanol–water partition coefficient (Wildman–Crippen LogP) is 4.98. The molecule has 0 aromatic heterocycles. The molecule has 1 aliphatic heterocycles. The predicted molar refractivity (Wildman–Crippen MR) is 126 cm³/mol. The summed E-state index contributed by atoms with van der Waals surface area (Å²) in [5.74, 6) is -1.40. The molecule has 3 rings (SSSR count). The van der Waals surface area contributed by atoms with Gasteiger partial charge < -0.3 is 4.90 Å². The van der Waals surface area contributed by atoms with Crippen molar-refractivity contribution < 1.29 is 14.0 Å². The van der Waals surface area contributed by atoms with Gasteiger partial charge in [0, 0.05) is 13.6 Å². The maximum absolute atomic E-state index is 14.5. The van der Waals surface area contributed by atoms with Crippen LogP contribution in [0.4, 0.5) is 10.1 Å². The minimum Gasteiger partial charge on any atom is -0.344 e. The van der Waals surface area contributed by atoms with Gasteiger partial charge >= 0.3 is 0 Å².